The number of pyridine rings is 1. The van der Waals surface area contributed by atoms with Gasteiger partial charge in [0.1, 0.15) is 17.8 Å². The number of nitro groups is 1. The lowest BCUT2D eigenvalue weighted by Gasteiger charge is -2.12. The zero-order valence-corrected chi connectivity index (χ0v) is 12.2. The number of H-pyrrole nitrogens is 1. The fraction of sp³-hybridized carbons (Fsp3) is 0.200. The van der Waals surface area contributed by atoms with Gasteiger partial charge in [0.2, 0.25) is 0 Å². The largest absolute Gasteiger partial charge is 0.360 e. The number of para-hydroxylation sites is 2. The maximum absolute atomic E-state index is 10.8. The summed E-state index contributed by atoms with van der Waals surface area (Å²) in [6, 6.07) is 9.36. The molecule has 7 heteroatoms. The molecule has 0 saturated heterocycles. The number of fused-ring (bicyclic) bond motifs is 1. The zero-order chi connectivity index (χ0) is 15.7. The second-order valence-electron chi connectivity index (χ2n) is 5.12. The summed E-state index contributed by atoms with van der Waals surface area (Å²) in [7, 11) is 0. The molecule has 0 aliphatic rings. The predicted octanol–water partition coefficient (Wildman–Crippen LogP) is 3.35. The molecule has 7 nitrogen and oxygen atoms in total. The van der Waals surface area contributed by atoms with E-state index in [0.717, 1.165) is 16.9 Å². The number of aromatic nitrogens is 3. The van der Waals surface area contributed by atoms with Crippen molar-refractivity contribution in [3.05, 3.63) is 58.0 Å². The molecular weight excluding hydrogens is 282 g/mol. The lowest BCUT2D eigenvalue weighted by Crippen LogP contribution is -2.10. The number of nitrogens with zero attached hydrogens (tertiary/aromatic N) is 3. The highest BCUT2D eigenvalue weighted by Gasteiger charge is 2.14. The molecule has 1 aromatic carbocycles. The van der Waals surface area contributed by atoms with Crippen LogP contribution in [0, 0.1) is 17.0 Å². The van der Waals surface area contributed by atoms with Crippen molar-refractivity contribution in [3.8, 4) is 0 Å². The molecule has 0 saturated carbocycles. The summed E-state index contributed by atoms with van der Waals surface area (Å²) < 4.78 is 0. The molecule has 2 heterocycles. The quantitative estimate of drug-likeness (QED) is 0.568. The SMILES string of the molecule is Cc1cc(NC(C)c2nc3ccccc3[nH]2)ncc1[N+](=O)[O-]. The number of hydrogen-bond donors (Lipinski definition) is 2. The third kappa shape index (κ3) is 2.60. The Balaban J connectivity index is 1.83. The Kier molecular flexibility index (Phi) is 3.46. The Morgan fingerprint density at radius 3 is 2.82 bits per heavy atom. The van der Waals surface area contributed by atoms with E-state index >= 15 is 0 Å². The van der Waals surface area contributed by atoms with Gasteiger partial charge in [-0.15, -0.1) is 0 Å². The van der Waals surface area contributed by atoms with Crippen LogP contribution in [0.2, 0.25) is 0 Å². The fourth-order valence-electron chi connectivity index (χ4n) is 2.29. The minimum absolute atomic E-state index is 0.0157. The van der Waals surface area contributed by atoms with E-state index in [2.05, 4.69) is 20.3 Å². The molecule has 2 N–H and O–H groups in total. The Hall–Kier alpha value is -2.96. The standard InChI is InChI=1S/C15H15N5O2/c1-9-7-14(16-8-13(9)20(21)22)17-10(2)15-18-11-5-3-4-6-12(11)19-15/h3-8,10H,1-2H3,(H,16,17)(H,18,19). The van der Waals surface area contributed by atoms with Crippen molar-refractivity contribution in [2.75, 3.05) is 5.32 Å². The fourth-order valence-corrected chi connectivity index (χ4v) is 2.29. The molecule has 112 valence electrons. The molecule has 0 bridgehead atoms. The van der Waals surface area contributed by atoms with Crippen LogP contribution in [0.3, 0.4) is 0 Å². The number of aromatic amines is 1. The van der Waals surface area contributed by atoms with Crippen molar-refractivity contribution in [1.82, 2.24) is 15.0 Å². The molecule has 1 unspecified atom stereocenters. The van der Waals surface area contributed by atoms with Crippen LogP contribution >= 0.6 is 0 Å². The molecule has 1 atom stereocenters. The van der Waals surface area contributed by atoms with E-state index in [1.807, 2.05) is 31.2 Å². The van der Waals surface area contributed by atoms with E-state index in [0.29, 0.717) is 11.4 Å². The van der Waals surface area contributed by atoms with E-state index in [-0.39, 0.29) is 11.7 Å². The Morgan fingerprint density at radius 2 is 2.14 bits per heavy atom. The maximum Gasteiger partial charge on any atom is 0.290 e. The number of nitrogens with one attached hydrogen (secondary N) is 2. The Bertz CT molecular complexity index is 810. The molecule has 0 radical (unpaired) electrons. The van der Waals surface area contributed by atoms with Crippen LogP contribution in [0.5, 0.6) is 0 Å². The van der Waals surface area contributed by atoms with E-state index in [9.17, 15) is 10.1 Å². The molecular formula is C15H15N5O2. The first-order valence-corrected chi connectivity index (χ1v) is 6.87. The molecule has 2 aromatic heterocycles. The summed E-state index contributed by atoms with van der Waals surface area (Å²) in [6.45, 7) is 3.65. The first-order chi connectivity index (χ1) is 10.5. The monoisotopic (exact) mass is 297 g/mol. The average molecular weight is 297 g/mol. The third-order valence-electron chi connectivity index (χ3n) is 3.46. The first kappa shape index (κ1) is 14.0. The predicted molar refractivity (Wildman–Crippen MR) is 83.8 cm³/mol. The van der Waals surface area contributed by atoms with Crippen molar-refractivity contribution in [2.24, 2.45) is 0 Å². The summed E-state index contributed by atoms with van der Waals surface area (Å²) in [4.78, 5) is 22.2. The van der Waals surface area contributed by atoms with Crippen LogP contribution in [-0.4, -0.2) is 19.9 Å². The van der Waals surface area contributed by atoms with Gasteiger partial charge in [0, 0.05) is 5.56 Å². The molecule has 0 fully saturated rings. The second-order valence-corrected chi connectivity index (χ2v) is 5.12. The van der Waals surface area contributed by atoms with E-state index < -0.39 is 4.92 Å². The van der Waals surface area contributed by atoms with Gasteiger partial charge in [0.25, 0.3) is 5.69 Å². The van der Waals surface area contributed by atoms with E-state index in [1.165, 1.54) is 6.20 Å². The Labute approximate surface area is 126 Å². The molecule has 0 spiro atoms. The van der Waals surface area contributed by atoms with Gasteiger partial charge in [-0.2, -0.15) is 0 Å². The molecule has 0 aliphatic carbocycles. The van der Waals surface area contributed by atoms with E-state index in [1.54, 1.807) is 13.0 Å². The maximum atomic E-state index is 10.8. The lowest BCUT2D eigenvalue weighted by molar-refractivity contribution is -0.385. The summed E-state index contributed by atoms with van der Waals surface area (Å²) in [6.07, 6.45) is 1.27. The van der Waals surface area contributed by atoms with Crippen LogP contribution in [0.15, 0.2) is 36.5 Å². The van der Waals surface area contributed by atoms with Crippen molar-refractivity contribution in [3.63, 3.8) is 0 Å². The van der Waals surface area contributed by atoms with Crippen molar-refractivity contribution in [2.45, 2.75) is 19.9 Å². The lowest BCUT2D eigenvalue weighted by atomic mass is 10.2. The summed E-state index contributed by atoms with van der Waals surface area (Å²) in [5.74, 6) is 1.37. The number of aryl methyl sites for hydroxylation is 1. The summed E-state index contributed by atoms with van der Waals surface area (Å²) in [5.41, 5.74) is 2.46. The minimum Gasteiger partial charge on any atom is -0.360 e. The molecule has 0 aliphatic heterocycles. The topological polar surface area (TPSA) is 96.7 Å². The summed E-state index contributed by atoms with van der Waals surface area (Å²) in [5, 5.41) is 14.0. The number of imidazole rings is 1. The molecule has 22 heavy (non-hydrogen) atoms. The van der Waals surface area contributed by atoms with E-state index in [4.69, 9.17) is 0 Å². The third-order valence-corrected chi connectivity index (χ3v) is 3.46. The highest BCUT2D eigenvalue weighted by Crippen LogP contribution is 2.22. The van der Waals surface area contributed by atoms with Crippen molar-refractivity contribution in [1.29, 1.82) is 0 Å². The van der Waals surface area contributed by atoms with Crippen LogP contribution in [0.4, 0.5) is 11.5 Å². The minimum atomic E-state index is -0.436. The molecule has 3 aromatic rings. The van der Waals surface area contributed by atoms with Gasteiger partial charge in [0.15, 0.2) is 0 Å². The Morgan fingerprint density at radius 1 is 1.36 bits per heavy atom. The van der Waals surface area contributed by atoms with Crippen LogP contribution in [0.25, 0.3) is 11.0 Å². The number of rotatable bonds is 4. The highest BCUT2D eigenvalue weighted by molar-refractivity contribution is 5.74. The molecule has 3 rings (SSSR count). The van der Waals surface area contributed by atoms with Gasteiger partial charge < -0.3 is 10.3 Å². The number of benzene rings is 1. The van der Waals surface area contributed by atoms with Gasteiger partial charge in [0.05, 0.1) is 22.0 Å². The zero-order valence-electron chi connectivity index (χ0n) is 12.2. The molecule has 0 amide bonds. The van der Waals surface area contributed by atoms with Crippen molar-refractivity contribution < 1.29 is 4.92 Å². The average Bonchev–Trinajstić information content (AvgIpc) is 2.91. The van der Waals surface area contributed by atoms with Crippen molar-refractivity contribution >= 4 is 22.5 Å². The smallest absolute Gasteiger partial charge is 0.290 e. The van der Waals surface area contributed by atoms with Gasteiger partial charge in [-0.3, -0.25) is 10.1 Å². The number of hydrogen-bond acceptors (Lipinski definition) is 5. The normalized spacial score (nSPS) is 12.3. The second kappa shape index (κ2) is 5.44. The van der Waals surface area contributed by atoms with Crippen LogP contribution in [0.1, 0.15) is 24.4 Å². The van der Waals surface area contributed by atoms with Gasteiger partial charge in [-0.25, -0.2) is 9.97 Å². The summed E-state index contributed by atoms with van der Waals surface area (Å²) >= 11 is 0. The number of anilines is 1. The first-order valence-electron chi connectivity index (χ1n) is 6.87. The van der Waals surface area contributed by atoms with Crippen LogP contribution in [-0.2, 0) is 0 Å². The van der Waals surface area contributed by atoms with Crippen LogP contribution < -0.4 is 5.32 Å². The van der Waals surface area contributed by atoms with Gasteiger partial charge in [-0.05, 0) is 32.0 Å². The van der Waals surface area contributed by atoms with Gasteiger partial charge in [-0.1, -0.05) is 12.1 Å². The highest BCUT2D eigenvalue weighted by atomic mass is 16.6. The van der Waals surface area contributed by atoms with Gasteiger partial charge >= 0.3 is 0 Å².